The minimum Gasteiger partial charge on any atom is -0.481 e. The first-order valence-electron chi connectivity index (χ1n) is 6.90. The molecule has 1 fully saturated rings. The van der Waals surface area contributed by atoms with Crippen LogP contribution in [0.2, 0.25) is 0 Å². The molecule has 1 aliphatic rings. The molecule has 6 nitrogen and oxygen atoms in total. The maximum absolute atomic E-state index is 12.3. The number of carbonyl (C=O) groups excluding carboxylic acids is 1. The van der Waals surface area contributed by atoms with Crippen molar-refractivity contribution in [2.24, 2.45) is 0 Å². The number of benzene rings is 1. The topological polar surface area (TPSA) is 93.4 Å². The Morgan fingerprint density at radius 1 is 1.38 bits per heavy atom. The first kappa shape index (κ1) is 14.9. The van der Waals surface area contributed by atoms with E-state index >= 15 is 0 Å². The highest BCUT2D eigenvalue weighted by atomic mass is 16.4. The van der Waals surface area contributed by atoms with Crippen LogP contribution in [-0.4, -0.2) is 34.6 Å². The lowest BCUT2D eigenvalue weighted by Gasteiger charge is -2.35. The van der Waals surface area contributed by atoms with Gasteiger partial charge in [0, 0.05) is 12.6 Å². The molecule has 1 aliphatic heterocycles. The number of rotatable bonds is 3. The molecule has 0 bridgehead atoms. The normalized spacial score (nSPS) is 17.9. The molecule has 1 aromatic rings. The van der Waals surface area contributed by atoms with Crippen LogP contribution in [0.1, 0.15) is 31.2 Å². The lowest BCUT2D eigenvalue weighted by molar-refractivity contribution is -0.138. The van der Waals surface area contributed by atoms with Crippen molar-refractivity contribution < 1.29 is 14.7 Å². The summed E-state index contributed by atoms with van der Waals surface area (Å²) < 4.78 is 0. The SMILES string of the molecule is N#Cc1ccccc1NC(=O)N1CCCCC1CC(=O)O. The standard InChI is InChI=1S/C15H17N3O3/c16-10-11-5-1-2-7-13(11)17-15(21)18-8-4-3-6-12(18)9-14(19)20/h1-2,5,7,12H,3-4,6,8-9H2,(H,17,21)(H,19,20). The van der Waals surface area contributed by atoms with E-state index in [0.29, 0.717) is 24.2 Å². The van der Waals surface area contributed by atoms with Gasteiger partial charge in [-0.2, -0.15) is 5.26 Å². The monoisotopic (exact) mass is 287 g/mol. The molecule has 6 heteroatoms. The predicted molar refractivity (Wildman–Crippen MR) is 76.8 cm³/mol. The van der Waals surface area contributed by atoms with Gasteiger partial charge in [-0.15, -0.1) is 0 Å². The number of hydrogen-bond acceptors (Lipinski definition) is 3. The van der Waals surface area contributed by atoms with Crippen molar-refractivity contribution in [1.82, 2.24) is 4.90 Å². The van der Waals surface area contributed by atoms with Gasteiger partial charge in [0.2, 0.25) is 0 Å². The Kier molecular flexibility index (Phi) is 4.77. The third kappa shape index (κ3) is 3.72. The summed E-state index contributed by atoms with van der Waals surface area (Å²) in [6, 6.07) is 8.14. The summed E-state index contributed by atoms with van der Waals surface area (Å²) in [5, 5.41) is 20.7. The molecule has 0 aliphatic carbocycles. The van der Waals surface area contributed by atoms with Gasteiger partial charge in [0.25, 0.3) is 0 Å². The molecule has 1 heterocycles. The van der Waals surface area contributed by atoms with Crippen LogP contribution in [0, 0.1) is 11.3 Å². The zero-order chi connectivity index (χ0) is 15.2. The summed E-state index contributed by atoms with van der Waals surface area (Å²) in [5.41, 5.74) is 0.835. The van der Waals surface area contributed by atoms with Crippen LogP contribution in [0.25, 0.3) is 0 Å². The van der Waals surface area contributed by atoms with E-state index in [1.54, 1.807) is 29.2 Å². The van der Waals surface area contributed by atoms with Gasteiger partial charge in [0.15, 0.2) is 0 Å². The molecular weight excluding hydrogens is 270 g/mol. The van der Waals surface area contributed by atoms with E-state index in [2.05, 4.69) is 5.32 Å². The highest BCUT2D eigenvalue weighted by Crippen LogP contribution is 2.22. The zero-order valence-corrected chi connectivity index (χ0v) is 11.6. The number of urea groups is 1. The average Bonchev–Trinajstić information content (AvgIpc) is 2.47. The molecule has 1 unspecified atom stereocenters. The van der Waals surface area contributed by atoms with Crippen LogP contribution in [-0.2, 0) is 4.79 Å². The number of likely N-dealkylation sites (tertiary alicyclic amines) is 1. The molecule has 0 radical (unpaired) electrons. The number of nitrogens with one attached hydrogen (secondary N) is 1. The minimum atomic E-state index is -0.905. The Morgan fingerprint density at radius 3 is 2.86 bits per heavy atom. The molecule has 21 heavy (non-hydrogen) atoms. The number of carboxylic acid groups (broad SMARTS) is 1. The molecule has 1 aromatic carbocycles. The van der Waals surface area contributed by atoms with Crippen molar-refractivity contribution in [2.45, 2.75) is 31.7 Å². The second kappa shape index (κ2) is 6.75. The number of aliphatic carboxylic acids is 1. The predicted octanol–water partition coefficient (Wildman–Crippen LogP) is 2.42. The van der Waals surface area contributed by atoms with Gasteiger partial charge in [-0.3, -0.25) is 4.79 Å². The Labute approximate surface area is 123 Å². The second-order valence-electron chi connectivity index (χ2n) is 5.03. The van der Waals surface area contributed by atoms with E-state index < -0.39 is 5.97 Å². The van der Waals surface area contributed by atoms with E-state index in [-0.39, 0.29) is 18.5 Å². The number of hydrogen-bond donors (Lipinski definition) is 2. The summed E-state index contributed by atoms with van der Waals surface area (Å²) >= 11 is 0. The van der Waals surface area contributed by atoms with Crippen LogP contribution >= 0.6 is 0 Å². The zero-order valence-electron chi connectivity index (χ0n) is 11.6. The van der Waals surface area contributed by atoms with Crippen molar-refractivity contribution in [2.75, 3.05) is 11.9 Å². The third-order valence-electron chi connectivity index (χ3n) is 3.59. The highest BCUT2D eigenvalue weighted by molar-refractivity contribution is 5.91. The fourth-order valence-electron chi connectivity index (χ4n) is 2.56. The lowest BCUT2D eigenvalue weighted by atomic mass is 10.00. The van der Waals surface area contributed by atoms with Gasteiger partial charge in [-0.25, -0.2) is 4.79 Å². The highest BCUT2D eigenvalue weighted by Gasteiger charge is 2.28. The largest absolute Gasteiger partial charge is 0.481 e. The van der Waals surface area contributed by atoms with Crippen molar-refractivity contribution in [3.05, 3.63) is 29.8 Å². The van der Waals surface area contributed by atoms with Crippen LogP contribution in [0.4, 0.5) is 10.5 Å². The number of nitrogens with zero attached hydrogens (tertiary/aromatic N) is 2. The van der Waals surface area contributed by atoms with E-state index in [1.807, 2.05) is 6.07 Å². The summed E-state index contributed by atoms with van der Waals surface area (Å²) in [7, 11) is 0. The van der Waals surface area contributed by atoms with Gasteiger partial charge >= 0.3 is 12.0 Å². The maximum atomic E-state index is 12.3. The molecule has 2 rings (SSSR count). The summed E-state index contributed by atoms with van der Waals surface area (Å²) in [4.78, 5) is 24.8. The molecule has 1 atom stereocenters. The molecular formula is C15H17N3O3. The number of piperidine rings is 1. The Bertz CT molecular complexity index is 580. The molecule has 1 saturated heterocycles. The van der Waals surface area contributed by atoms with Crippen molar-refractivity contribution in [3.63, 3.8) is 0 Å². The fraction of sp³-hybridized carbons (Fsp3) is 0.400. The first-order valence-corrected chi connectivity index (χ1v) is 6.90. The minimum absolute atomic E-state index is 0.0483. The average molecular weight is 287 g/mol. The Hall–Kier alpha value is -2.55. The molecule has 2 amide bonds. The number of amides is 2. The number of nitriles is 1. The van der Waals surface area contributed by atoms with Gasteiger partial charge < -0.3 is 15.3 Å². The van der Waals surface area contributed by atoms with E-state index in [9.17, 15) is 9.59 Å². The van der Waals surface area contributed by atoms with E-state index in [1.165, 1.54) is 0 Å². The molecule has 2 N–H and O–H groups in total. The molecule has 0 aromatic heterocycles. The van der Waals surface area contributed by atoms with Crippen LogP contribution in [0.15, 0.2) is 24.3 Å². The van der Waals surface area contributed by atoms with Crippen molar-refractivity contribution in [1.29, 1.82) is 5.26 Å². The van der Waals surface area contributed by atoms with Gasteiger partial charge in [-0.05, 0) is 31.4 Å². The fourth-order valence-corrected chi connectivity index (χ4v) is 2.56. The number of carboxylic acids is 1. The smallest absolute Gasteiger partial charge is 0.322 e. The summed E-state index contributed by atoms with van der Waals surface area (Å²) in [6.07, 6.45) is 2.44. The van der Waals surface area contributed by atoms with Crippen molar-refractivity contribution in [3.8, 4) is 6.07 Å². The van der Waals surface area contributed by atoms with Gasteiger partial charge in [0.05, 0.1) is 17.7 Å². The molecule has 0 spiro atoms. The van der Waals surface area contributed by atoms with Crippen LogP contribution < -0.4 is 5.32 Å². The summed E-state index contributed by atoms with van der Waals surface area (Å²) in [6.45, 7) is 0.540. The Morgan fingerprint density at radius 2 is 2.14 bits per heavy atom. The molecule has 110 valence electrons. The van der Waals surface area contributed by atoms with Gasteiger partial charge in [0.1, 0.15) is 6.07 Å². The Balaban J connectivity index is 2.10. The lowest BCUT2D eigenvalue weighted by Crippen LogP contribution is -2.46. The van der Waals surface area contributed by atoms with Gasteiger partial charge in [-0.1, -0.05) is 12.1 Å². The number of carbonyl (C=O) groups is 2. The third-order valence-corrected chi connectivity index (χ3v) is 3.59. The van der Waals surface area contributed by atoms with E-state index in [4.69, 9.17) is 10.4 Å². The molecule has 0 saturated carbocycles. The number of anilines is 1. The van der Waals surface area contributed by atoms with Crippen LogP contribution in [0.3, 0.4) is 0 Å². The quantitative estimate of drug-likeness (QED) is 0.892. The maximum Gasteiger partial charge on any atom is 0.322 e. The second-order valence-corrected chi connectivity index (χ2v) is 5.03. The van der Waals surface area contributed by atoms with Crippen LogP contribution in [0.5, 0.6) is 0 Å². The number of para-hydroxylation sites is 1. The van der Waals surface area contributed by atoms with E-state index in [0.717, 1.165) is 12.8 Å². The summed E-state index contributed by atoms with van der Waals surface area (Å²) in [5.74, 6) is -0.905. The van der Waals surface area contributed by atoms with Crippen molar-refractivity contribution >= 4 is 17.7 Å². The first-order chi connectivity index (χ1) is 10.1.